The number of ether oxygens (including phenoxy) is 1. The van der Waals surface area contributed by atoms with Crippen LogP contribution in [0.2, 0.25) is 0 Å². The predicted octanol–water partition coefficient (Wildman–Crippen LogP) is 5.94. The van der Waals surface area contributed by atoms with Crippen LogP contribution >= 0.6 is 23.5 Å². The van der Waals surface area contributed by atoms with Crippen LogP contribution in [-0.2, 0) is 10.5 Å². The Labute approximate surface area is 168 Å². The minimum absolute atomic E-state index is 0.00514. The second kappa shape index (κ2) is 9.62. The highest BCUT2D eigenvalue weighted by Gasteiger charge is 2.22. The Morgan fingerprint density at radius 3 is 2.56 bits per heavy atom. The highest BCUT2D eigenvalue weighted by Crippen LogP contribution is 2.32. The first-order chi connectivity index (χ1) is 13.1. The van der Waals surface area contributed by atoms with E-state index in [4.69, 9.17) is 4.74 Å². The molecule has 0 amide bonds. The summed E-state index contributed by atoms with van der Waals surface area (Å²) in [4.78, 5) is 16.7. The number of benzene rings is 2. The number of nitrogens with zero attached hydrogens (tertiary/aromatic N) is 1. The Bertz CT molecular complexity index is 880. The smallest absolute Gasteiger partial charge is 0.244 e. The Morgan fingerprint density at radius 1 is 1.11 bits per heavy atom. The van der Waals surface area contributed by atoms with E-state index in [1.54, 1.807) is 11.8 Å². The summed E-state index contributed by atoms with van der Waals surface area (Å²) in [6.45, 7) is 4.65. The van der Waals surface area contributed by atoms with Crippen molar-refractivity contribution in [2.75, 3.05) is 6.61 Å². The number of hydrogen-bond acceptors (Lipinski definition) is 5. The average Bonchev–Trinajstić information content (AvgIpc) is 3.01. The maximum absolute atomic E-state index is 12.2. The number of aliphatic imine (C=N–C) groups is 1. The third-order valence-electron chi connectivity index (χ3n) is 3.73. The van der Waals surface area contributed by atoms with Gasteiger partial charge in [-0.25, -0.2) is 4.99 Å². The van der Waals surface area contributed by atoms with Crippen LogP contribution in [0.15, 0.2) is 76.9 Å². The molecule has 0 saturated carbocycles. The average molecular weight is 396 g/mol. The normalized spacial score (nSPS) is 15.0. The van der Waals surface area contributed by atoms with E-state index >= 15 is 0 Å². The Balaban J connectivity index is 1.61. The molecule has 3 nitrogen and oxygen atoms in total. The van der Waals surface area contributed by atoms with Gasteiger partial charge >= 0.3 is 0 Å². The van der Waals surface area contributed by atoms with Gasteiger partial charge in [-0.1, -0.05) is 59.8 Å². The standard InChI is InChI=1S/C22H21NO2S2/c1-16(2)12-13-25-19-10-8-17(9-11-19)14-20-21(24)27-22(23-20)26-15-18-6-4-3-5-7-18/h3-12,14H,13,15H2,1-2H3. The van der Waals surface area contributed by atoms with Crippen LogP contribution in [0, 0.1) is 0 Å². The van der Waals surface area contributed by atoms with Crippen molar-refractivity contribution in [2.24, 2.45) is 4.99 Å². The quantitative estimate of drug-likeness (QED) is 0.448. The highest BCUT2D eigenvalue weighted by molar-refractivity contribution is 8.45. The van der Waals surface area contributed by atoms with Crippen molar-refractivity contribution in [3.8, 4) is 5.75 Å². The van der Waals surface area contributed by atoms with E-state index in [1.165, 1.54) is 22.9 Å². The third kappa shape index (κ3) is 6.15. The number of carbonyl (C=O) groups is 1. The summed E-state index contributed by atoms with van der Waals surface area (Å²) >= 11 is 2.80. The van der Waals surface area contributed by atoms with Gasteiger partial charge in [0.05, 0.1) is 0 Å². The van der Waals surface area contributed by atoms with Crippen molar-refractivity contribution in [1.82, 2.24) is 0 Å². The molecule has 3 rings (SSSR count). The maximum atomic E-state index is 12.2. The van der Waals surface area contributed by atoms with Gasteiger partial charge in [0.25, 0.3) is 0 Å². The molecule has 27 heavy (non-hydrogen) atoms. The Kier molecular flexibility index (Phi) is 6.96. The largest absolute Gasteiger partial charge is 0.490 e. The van der Waals surface area contributed by atoms with Gasteiger partial charge in [0.1, 0.15) is 22.4 Å². The first-order valence-corrected chi connectivity index (χ1v) is 10.5. The van der Waals surface area contributed by atoms with E-state index in [0.29, 0.717) is 12.3 Å². The molecular formula is C22H21NO2S2. The molecule has 5 heteroatoms. The maximum Gasteiger partial charge on any atom is 0.244 e. The predicted molar refractivity (Wildman–Crippen MR) is 117 cm³/mol. The summed E-state index contributed by atoms with van der Waals surface area (Å²) in [6.07, 6.45) is 3.86. The number of hydrogen-bond donors (Lipinski definition) is 0. The first-order valence-electron chi connectivity index (χ1n) is 8.66. The molecule has 0 atom stereocenters. The summed E-state index contributed by atoms with van der Waals surface area (Å²) < 4.78 is 6.46. The van der Waals surface area contributed by atoms with Gasteiger partial charge in [-0.3, -0.25) is 4.79 Å². The van der Waals surface area contributed by atoms with E-state index in [-0.39, 0.29) is 5.12 Å². The molecule has 0 fully saturated rings. The van der Waals surface area contributed by atoms with Gasteiger partial charge in [-0.05, 0) is 61.0 Å². The van der Waals surface area contributed by atoms with Crippen molar-refractivity contribution >= 4 is 39.1 Å². The van der Waals surface area contributed by atoms with E-state index in [2.05, 4.69) is 17.1 Å². The molecule has 2 aromatic rings. The Hall–Kier alpha value is -2.24. The zero-order chi connectivity index (χ0) is 19.1. The fraction of sp³-hybridized carbons (Fsp3) is 0.182. The van der Waals surface area contributed by atoms with Crippen molar-refractivity contribution in [3.63, 3.8) is 0 Å². The summed E-state index contributed by atoms with van der Waals surface area (Å²) in [7, 11) is 0. The zero-order valence-electron chi connectivity index (χ0n) is 15.3. The van der Waals surface area contributed by atoms with Gasteiger partial charge in [-0.2, -0.15) is 0 Å². The number of allylic oxidation sites excluding steroid dienone is 1. The number of carbonyl (C=O) groups excluding carboxylic acids is 1. The van der Waals surface area contributed by atoms with Crippen LogP contribution in [0.25, 0.3) is 6.08 Å². The van der Waals surface area contributed by atoms with Crippen LogP contribution in [0.4, 0.5) is 0 Å². The minimum atomic E-state index is -0.00514. The summed E-state index contributed by atoms with van der Waals surface area (Å²) in [5.41, 5.74) is 3.88. The second-order valence-electron chi connectivity index (χ2n) is 6.23. The van der Waals surface area contributed by atoms with Crippen molar-refractivity contribution in [3.05, 3.63) is 83.1 Å². The minimum Gasteiger partial charge on any atom is -0.490 e. The van der Waals surface area contributed by atoms with Gasteiger partial charge in [0, 0.05) is 5.75 Å². The fourth-order valence-electron chi connectivity index (χ4n) is 2.29. The molecule has 0 spiro atoms. The SMILES string of the molecule is CC(C)=CCOc1ccc(C=C2N=C(SCc3ccccc3)SC2=O)cc1. The molecule has 138 valence electrons. The monoisotopic (exact) mass is 395 g/mol. The molecule has 1 heterocycles. The molecule has 0 radical (unpaired) electrons. The van der Waals surface area contributed by atoms with Crippen LogP contribution in [-0.4, -0.2) is 16.1 Å². The van der Waals surface area contributed by atoms with Gasteiger partial charge in [-0.15, -0.1) is 0 Å². The molecule has 0 bridgehead atoms. The van der Waals surface area contributed by atoms with E-state index in [9.17, 15) is 4.79 Å². The summed E-state index contributed by atoms with van der Waals surface area (Å²) in [5, 5.41) is -0.00514. The van der Waals surface area contributed by atoms with Gasteiger partial charge < -0.3 is 4.74 Å². The van der Waals surface area contributed by atoms with Crippen LogP contribution in [0.3, 0.4) is 0 Å². The van der Waals surface area contributed by atoms with Crippen molar-refractivity contribution < 1.29 is 9.53 Å². The number of rotatable bonds is 6. The van der Waals surface area contributed by atoms with Crippen molar-refractivity contribution in [2.45, 2.75) is 19.6 Å². The lowest BCUT2D eigenvalue weighted by Gasteiger charge is -2.04. The molecule has 1 aliphatic rings. The van der Waals surface area contributed by atoms with Crippen LogP contribution in [0.5, 0.6) is 5.75 Å². The molecule has 0 aromatic heterocycles. The highest BCUT2D eigenvalue weighted by atomic mass is 32.2. The molecule has 2 aromatic carbocycles. The van der Waals surface area contributed by atoms with E-state index in [0.717, 1.165) is 21.4 Å². The topological polar surface area (TPSA) is 38.7 Å². The molecule has 1 aliphatic heterocycles. The molecule has 0 aliphatic carbocycles. The number of thioether (sulfide) groups is 2. The van der Waals surface area contributed by atoms with Crippen molar-refractivity contribution in [1.29, 1.82) is 0 Å². The van der Waals surface area contributed by atoms with Crippen LogP contribution < -0.4 is 4.74 Å². The summed E-state index contributed by atoms with van der Waals surface area (Å²) in [5.74, 6) is 1.62. The summed E-state index contributed by atoms with van der Waals surface area (Å²) in [6, 6.07) is 17.9. The van der Waals surface area contributed by atoms with Gasteiger partial charge in [0.2, 0.25) is 5.12 Å². The lowest BCUT2D eigenvalue weighted by molar-refractivity contribution is -0.107. The lowest BCUT2D eigenvalue weighted by Crippen LogP contribution is -1.94. The van der Waals surface area contributed by atoms with Crippen LogP contribution in [0.1, 0.15) is 25.0 Å². The second-order valence-corrected chi connectivity index (χ2v) is 8.42. The molecule has 0 N–H and O–H groups in total. The molecular weight excluding hydrogens is 374 g/mol. The molecule has 0 unspecified atom stereocenters. The molecule has 0 saturated heterocycles. The van der Waals surface area contributed by atoms with Gasteiger partial charge in [0.15, 0.2) is 0 Å². The van der Waals surface area contributed by atoms with E-state index < -0.39 is 0 Å². The third-order valence-corrected chi connectivity index (χ3v) is 5.81. The Morgan fingerprint density at radius 2 is 1.85 bits per heavy atom. The zero-order valence-corrected chi connectivity index (χ0v) is 17.0. The fourth-order valence-corrected chi connectivity index (χ4v) is 4.09. The first kappa shape index (κ1) is 19.5. The van der Waals surface area contributed by atoms with E-state index in [1.807, 2.05) is 68.5 Å². The lowest BCUT2D eigenvalue weighted by atomic mass is 10.2.